The molecular formula is C40H58O3. The van der Waals surface area contributed by atoms with Gasteiger partial charge in [-0.3, -0.25) is 0 Å². The summed E-state index contributed by atoms with van der Waals surface area (Å²) in [4.78, 5) is 0. The minimum Gasteiger partial charge on any atom is -0.393 e. The lowest BCUT2D eigenvalue weighted by Crippen LogP contribution is -2.47. The molecule has 0 radical (unpaired) electrons. The van der Waals surface area contributed by atoms with Crippen LogP contribution in [0.1, 0.15) is 108 Å². The minimum absolute atomic E-state index is 0.00526. The van der Waals surface area contributed by atoms with Gasteiger partial charge in [-0.05, 0) is 90.0 Å². The highest BCUT2D eigenvalue weighted by Gasteiger charge is 2.75. The molecular weight excluding hydrogens is 528 g/mol. The Labute approximate surface area is 262 Å². The topological polar surface area (TPSA) is 53.0 Å². The quantitative estimate of drug-likeness (QED) is 0.187. The number of fused-ring (bicyclic) bond motifs is 1. The summed E-state index contributed by atoms with van der Waals surface area (Å²) >= 11 is 0. The summed E-state index contributed by atoms with van der Waals surface area (Å²) in [5.74, 6) is 0. The number of allylic oxidation sites excluding steroid dienone is 17. The highest BCUT2D eigenvalue weighted by molar-refractivity contribution is 5.38. The van der Waals surface area contributed by atoms with Gasteiger partial charge in [0.15, 0.2) is 0 Å². The van der Waals surface area contributed by atoms with E-state index in [1.165, 1.54) is 33.4 Å². The number of hydrogen-bond donors (Lipinski definition) is 2. The van der Waals surface area contributed by atoms with Gasteiger partial charge in [0.25, 0.3) is 0 Å². The molecule has 1 saturated heterocycles. The van der Waals surface area contributed by atoms with Crippen molar-refractivity contribution in [2.45, 2.75) is 131 Å². The Morgan fingerprint density at radius 2 is 1.30 bits per heavy atom. The van der Waals surface area contributed by atoms with Crippen LogP contribution in [0.5, 0.6) is 0 Å². The fraction of sp³-hybridized carbons (Fsp3) is 0.550. The van der Waals surface area contributed by atoms with Gasteiger partial charge in [-0.15, -0.1) is 0 Å². The van der Waals surface area contributed by atoms with E-state index in [1.807, 2.05) is 0 Å². The molecule has 3 aliphatic rings. The second-order valence-electron chi connectivity index (χ2n) is 14.9. The summed E-state index contributed by atoms with van der Waals surface area (Å²) in [5.41, 5.74) is 7.29. The Hall–Kier alpha value is -2.46. The van der Waals surface area contributed by atoms with Crippen molar-refractivity contribution in [1.29, 1.82) is 0 Å². The molecule has 3 rings (SSSR count). The molecule has 1 heterocycles. The predicted molar refractivity (Wildman–Crippen MR) is 184 cm³/mol. The molecule has 2 aliphatic carbocycles. The molecule has 3 heteroatoms. The molecule has 1 aliphatic heterocycles. The Balaban J connectivity index is 1.46. The van der Waals surface area contributed by atoms with Gasteiger partial charge in [-0.1, -0.05) is 128 Å². The standard InChI is InChI=1S/C40H58O3/c1-29(17-13-19-31(3)21-22-36-33(5)25-34(41)26-37(36,6)7)15-11-12-16-30(2)18-14-20-32(4)23-24-40-38(8,9)27-35(42)28-39(40,10)43-40/h11-22,34-35,41-42H,23-28H2,1-10H3/b12-11+,17-13+,18-14+,22-21+,29-15+,30-16+,31-19+,32-20?. The molecule has 236 valence electrons. The van der Waals surface area contributed by atoms with E-state index in [9.17, 15) is 10.2 Å². The summed E-state index contributed by atoms with van der Waals surface area (Å²) in [6, 6.07) is 0. The zero-order valence-electron chi connectivity index (χ0n) is 28.6. The van der Waals surface area contributed by atoms with Gasteiger partial charge in [0.05, 0.1) is 17.8 Å². The molecule has 0 aromatic carbocycles. The number of epoxide rings is 1. The third-order valence-corrected chi connectivity index (χ3v) is 9.82. The van der Waals surface area contributed by atoms with E-state index in [0.29, 0.717) is 0 Å². The largest absolute Gasteiger partial charge is 0.393 e. The molecule has 2 N–H and O–H groups in total. The van der Waals surface area contributed by atoms with Crippen molar-refractivity contribution < 1.29 is 14.9 Å². The molecule has 4 atom stereocenters. The maximum absolute atomic E-state index is 10.3. The first-order valence-electron chi connectivity index (χ1n) is 16.2. The Bertz CT molecular complexity index is 1290. The number of ether oxygens (including phenoxy) is 1. The summed E-state index contributed by atoms with van der Waals surface area (Å²) < 4.78 is 6.33. The number of aliphatic hydroxyl groups is 2. The van der Waals surface area contributed by atoms with Gasteiger partial charge in [0.1, 0.15) is 5.60 Å². The van der Waals surface area contributed by atoms with E-state index >= 15 is 0 Å². The average molecular weight is 587 g/mol. The summed E-state index contributed by atoms with van der Waals surface area (Å²) in [6.45, 7) is 21.8. The van der Waals surface area contributed by atoms with Crippen molar-refractivity contribution in [3.05, 3.63) is 106 Å². The van der Waals surface area contributed by atoms with Crippen LogP contribution < -0.4 is 0 Å². The number of hydrogen-bond acceptors (Lipinski definition) is 3. The normalized spacial score (nSPS) is 32.1. The molecule has 4 unspecified atom stereocenters. The lowest BCUT2D eigenvalue weighted by molar-refractivity contribution is 0.0318. The monoisotopic (exact) mass is 586 g/mol. The van der Waals surface area contributed by atoms with Crippen molar-refractivity contribution in [3.8, 4) is 0 Å². The summed E-state index contributed by atoms with van der Waals surface area (Å²) in [7, 11) is 0. The third kappa shape index (κ3) is 9.03. The minimum atomic E-state index is -0.256. The second kappa shape index (κ2) is 14.1. The van der Waals surface area contributed by atoms with Crippen LogP contribution in [-0.4, -0.2) is 33.6 Å². The average Bonchev–Trinajstić information content (AvgIpc) is 3.49. The van der Waals surface area contributed by atoms with Crippen molar-refractivity contribution in [2.75, 3.05) is 0 Å². The SMILES string of the molecule is CC(=C/C=C/C(C)=C/C=C/C=C(C)/C=C/C=C(C)/C=C/C1=C(C)CC(O)CC1(C)C)CCC12OC1(C)CC(O)CC2(C)C. The first-order valence-corrected chi connectivity index (χ1v) is 16.2. The second-order valence-corrected chi connectivity index (χ2v) is 14.9. The number of aliphatic hydroxyl groups excluding tert-OH is 2. The van der Waals surface area contributed by atoms with E-state index in [1.54, 1.807) is 0 Å². The van der Waals surface area contributed by atoms with Crippen LogP contribution in [0, 0.1) is 10.8 Å². The Morgan fingerprint density at radius 3 is 1.88 bits per heavy atom. The molecule has 0 bridgehead atoms. The van der Waals surface area contributed by atoms with Crippen molar-refractivity contribution in [3.63, 3.8) is 0 Å². The molecule has 0 amide bonds. The number of rotatable bonds is 11. The van der Waals surface area contributed by atoms with Crippen molar-refractivity contribution in [2.24, 2.45) is 10.8 Å². The molecule has 0 spiro atoms. The molecule has 43 heavy (non-hydrogen) atoms. The van der Waals surface area contributed by atoms with Crippen LogP contribution >= 0.6 is 0 Å². The van der Waals surface area contributed by atoms with Crippen LogP contribution in [0.4, 0.5) is 0 Å². The fourth-order valence-corrected chi connectivity index (χ4v) is 7.50. The van der Waals surface area contributed by atoms with Crippen molar-refractivity contribution in [1.82, 2.24) is 0 Å². The first kappa shape index (κ1) is 35.0. The first-order chi connectivity index (χ1) is 20.0. The predicted octanol–water partition coefficient (Wildman–Crippen LogP) is 9.98. The van der Waals surface area contributed by atoms with E-state index in [-0.39, 0.29) is 34.2 Å². The van der Waals surface area contributed by atoms with Gasteiger partial charge < -0.3 is 14.9 Å². The van der Waals surface area contributed by atoms with E-state index < -0.39 is 0 Å². The smallest absolute Gasteiger partial charge is 0.103 e. The highest BCUT2D eigenvalue weighted by atomic mass is 16.6. The lowest BCUT2D eigenvalue weighted by atomic mass is 9.61. The van der Waals surface area contributed by atoms with Gasteiger partial charge in [0.2, 0.25) is 0 Å². The van der Waals surface area contributed by atoms with Gasteiger partial charge >= 0.3 is 0 Å². The Morgan fingerprint density at radius 1 is 0.744 bits per heavy atom. The molecule has 1 saturated carbocycles. The zero-order valence-corrected chi connectivity index (χ0v) is 28.6. The van der Waals surface area contributed by atoms with Crippen LogP contribution in [0.2, 0.25) is 0 Å². The van der Waals surface area contributed by atoms with Crippen LogP contribution in [-0.2, 0) is 4.74 Å². The molecule has 2 fully saturated rings. The summed E-state index contributed by atoms with van der Waals surface area (Å²) in [6.07, 6.45) is 30.4. The highest BCUT2D eigenvalue weighted by Crippen LogP contribution is 2.67. The van der Waals surface area contributed by atoms with E-state index in [0.717, 1.165) is 38.5 Å². The summed E-state index contributed by atoms with van der Waals surface area (Å²) in [5, 5.41) is 20.4. The fourth-order valence-electron chi connectivity index (χ4n) is 7.50. The molecule has 0 aromatic heterocycles. The van der Waals surface area contributed by atoms with Crippen molar-refractivity contribution >= 4 is 0 Å². The van der Waals surface area contributed by atoms with Gasteiger partial charge in [0, 0.05) is 6.42 Å². The van der Waals surface area contributed by atoms with E-state index in [4.69, 9.17) is 4.74 Å². The van der Waals surface area contributed by atoms with Crippen LogP contribution in [0.25, 0.3) is 0 Å². The molecule has 3 nitrogen and oxygen atoms in total. The maximum Gasteiger partial charge on any atom is 0.103 e. The zero-order chi connectivity index (χ0) is 32.1. The van der Waals surface area contributed by atoms with Gasteiger partial charge in [-0.25, -0.2) is 0 Å². The van der Waals surface area contributed by atoms with E-state index in [2.05, 4.69) is 142 Å². The molecule has 0 aromatic rings. The Kier molecular flexibility index (Phi) is 11.5. The third-order valence-electron chi connectivity index (χ3n) is 9.82. The van der Waals surface area contributed by atoms with Crippen LogP contribution in [0.15, 0.2) is 106 Å². The van der Waals surface area contributed by atoms with Crippen LogP contribution in [0.3, 0.4) is 0 Å². The maximum atomic E-state index is 10.3. The lowest BCUT2D eigenvalue weighted by Gasteiger charge is -2.40. The van der Waals surface area contributed by atoms with Gasteiger partial charge in [-0.2, -0.15) is 0 Å².